The lowest BCUT2D eigenvalue weighted by Gasteiger charge is -2.17. The van der Waals surface area contributed by atoms with Gasteiger partial charge in [-0.25, -0.2) is 14.6 Å². The van der Waals surface area contributed by atoms with Gasteiger partial charge in [0.05, 0.1) is 23.3 Å². The number of hydrogen-bond donors (Lipinski definition) is 0. The SMILES string of the molecule is Cc1ccc(-c2c(C(=O)OCC(C)C)c(C)nc3c2c(=O)n(C)c(=O)n3C)cc1. The average molecular weight is 395 g/mol. The second kappa shape index (κ2) is 7.66. The number of fused-ring (bicyclic) bond motifs is 1. The van der Waals surface area contributed by atoms with Crippen LogP contribution in [0.4, 0.5) is 0 Å². The maximum atomic E-state index is 13.1. The van der Waals surface area contributed by atoms with Gasteiger partial charge in [0.25, 0.3) is 5.56 Å². The fraction of sp³-hybridized carbons (Fsp3) is 0.364. The first-order valence-corrected chi connectivity index (χ1v) is 9.48. The molecule has 0 fully saturated rings. The highest BCUT2D eigenvalue weighted by Crippen LogP contribution is 2.31. The predicted molar refractivity (Wildman–Crippen MR) is 112 cm³/mol. The summed E-state index contributed by atoms with van der Waals surface area (Å²) >= 11 is 0. The molecule has 0 N–H and O–H groups in total. The highest BCUT2D eigenvalue weighted by molar-refractivity contribution is 6.07. The smallest absolute Gasteiger partial charge is 0.340 e. The lowest BCUT2D eigenvalue weighted by atomic mass is 9.95. The quantitative estimate of drug-likeness (QED) is 0.635. The van der Waals surface area contributed by atoms with Gasteiger partial charge in [-0.3, -0.25) is 13.9 Å². The third kappa shape index (κ3) is 3.60. The topological polar surface area (TPSA) is 83.2 Å². The van der Waals surface area contributed by atoms with Crippen LogP contribution in [0.5, 0.6) is 0 Å². The van der Waals surface area contributed by atoms with Gasteiger partial charge in [-0.1, -0.05) is 43.7 Å². The molecule has 3 rings (SSSR count). The van der Waals surface area contributed by atoms with Gasteiger partial charge in [0.15, 0.2) is 0 Å². The largest absolute Gasteiger partial charge is 0.462 e. The van der Waals surface area contributed by atoms with Crippen molar-refractivity contribution in [1.82, 2.24) is 14.1 Å². The zero-order valence-corrected chi connectivity index (χ0v) is 17.6. The van der Waals surface area contributed by atoms with Gasteiger partial charge in [0, 0.05) is 19.7 Å². The van der Waals surface area contributed by atoms with E-state index in [1.54, 1.807) is 14.0 Å². The normalized spacial score (nSPS) is 11.3. The maximum Gasteiger partial charge on any atom is 0.340 e. The Hall–Kier alpha value is -3.22. The van der Waals surface area contributed by atoms with E-state index in [4.69, 9.17) is 4.74 Å². The van der Waals surface area contributed by atoms with Gasteiger partial charge < -0.3 is 4.74 Å². The standard InChI is InChI=1S/C22H25N3O4/c1-12(2)11-29-21(27)16-14(4)23-19-18(20(26)25(6)22(28)24(19)5)17(16)15-9-7-13(3)8-10-15/h7-10,12H,11H2,1-6H3. The molecule has 0 spiro atoms. The van der Waals surface area contributed by atoms with Gasteiger partial charge in [0.1, 0.15) is 5.65 Å². The average Bonchev–Trinajstić information content (AvgIpc) is 2.68. The molecule has 0 saturated heterocycles. The fourth-order valence-corrected chi connectivity index (χ4v) is 3.28. The third-order valence-corrected chi connectivity index (χ3v) is 4.86. The lowest BCUT2D eigenvalue weighted by Crippen LogP contribution is -2.38. The van der Waals surface area contributed by atoms with Crippen molar-refractivity contribution in [3.05, 3.63) is 61.9 Å². The number of hydrogen-bond acceptors (Lipinski definition) is 5. The number of aryl methyl sites for hydroxylation is 3. The predicted octanol–water partition coefficient (Wildman–Crippen LogP) is 2.73. The third-order valence-electron chi connectivity index (χ3n) is 4.86. The fourth-order valence-electron chi connectivity index (χ4n) is 3.28. The van der Waals surface area contributed by atoms with Crippen LogP contribution >= 0.6 is 0 Å². The van der Waals surface area contributed by atoms with Crippen LogP contribution in [-0.4, -0.2) is 26.7 Å². The maximum absolute atomic E-state index is 13.1. The van der Waals surface area contributed by atoms with E-state index in [9.17, 15) is 14.4 Å². The van der Waals surface area contributed by atoms with E-state index in [2.05, 4.69) is 4.98 Å². The summed E-state index contributed by atoms with van der Waals surface area (Å²) in [6, 6.07) is 7.53. The van der Waals surface area contributed by atoms with Gasteiger partial charge in [-0.15, -0.1) is 0 Å². The number of rotatable bonds is 4. The Morgan fingerprint density at radius 2 is 1.69 bits per heavy atom. The molecule has 0 bridgehead atoms. The van der Waals surface area contributed by atoms with Crippen LogP contribution in [0.15, 0.2) is 33.9 Å². The van der Waals surface area contributed by atoms with Gasteiger partial charge in [-0.2, -0.15) is 0 Å². The molecule has 0 atom stereocenters. The molecule has 29 heavy (non-hydrogen) atoms. The van der Waals surface area contributed by atoms with Crippen LogP contribution in [0.3, 0.4) is 0 Å². The summed E-state index contributed by atoms with van der Waals surface area (Å²) < 4.78 is 7.83. The molecule has 0 aliphatic carbocycles. The van der Waals surface area contributed by atoms with Crippen LogP contribution in [0.2, 0.25) is 0 Å². The van der Waals surface area contributed by atoms with Crippen LogP contribution in [0, 0.1) is 19.8 Å². The highest BCUT2D eigenvalue weighted by atomic mass is 16.5. The Kier molecular flexibility index (Phi) is 5.42. The van der Waals surface area contributed by atoms with Gasteiger partial charge in [0.2, 0.25) is 0 Å². The van der Waals surface area contributed by atoms with Crippen molar-refractivity contribution < 1.29 is 9.53 Å². The number of aromatic nitrogens is 3. The summed E-state index contributed by atoms with van der Waals surface area (Å²) in [5, 5.41) is 0.223. The van der Waals surface area contributed by atoms with Crippen molar-refractivity contribution in [2.45, 2.75) is 27.7 Å². The Morgan fingerprint density at radius 3 is 2.28 bits per heavy atom. The van der Waals surface area contributed by atoms with E-state index >= 15 is 0 Å². The van der Waals surface area contributed by atoms with E-state index in [0.29, 0.717) is 16.8 Å². The molecular weight excluding hydrogens is 370 g/mol. The number of carbonyl (C=O) groups is 1. The number of carbonyl (C=O) groups excluding carboxylic acids is 1. The Labute approximate surface area is 168 Å². The number of ether oxygens (including phenoxy) is 1. The summed E-state index contributed by atoms with van der Waals surface area (Å²) in [7, 11) is 2.98. The lowest BCUT2D eigenvalue weighted by molar-refractivity contribution is 0.0458. The van der Waals surface area contributed by atoms with Crippen LogP contribution in [-0.2, 0) is 18.8 Å². The molecule has 7 nitrogen and oxygen atoms in total. The number of pyridine rings is 1. The van der Waals surface area contributed by atoms with Crippen molar-refractivity contribution in [3.8, 4) is 11.1 Å². The summed E-state index contributed by atoms with van der Waals surface area (Å²) in [5.41, 5.74) is 2.11. The highest BCUT2D eigenvalue weighted by Gasteiger charge is 2.25. The van der Waals surface area contributed by atoms with Crippen molar-refractivity contribution in [1.29, 1.82) is 0 Å². The van der Waals surface area contributed by atoms with Crippen molar-refractivity contribution in [3.63, 3.8) is 0 Å². The Morgan fingerprint density at radius 1 is 1.07 bits per heavy atom. The molecule has 0 aliphatic heterocycles. The minimum absolute atomic E-state index is 0.171. The van der Waals surface area contributed by atoms with Gasteiger partial charge >= 0.3 is 11.7 Å². The summed E-state index contributed by atoms with van der Waals surface area (Å²) in [4.78, 5) is 42.9. The number of nitrogens with zero attached hydrogens (tertiary/aromatic N) is 3. The summed E-state index contributed by atoms with van der Waals surface area (Å²) in [5.74, 6) is -0.360. The molecule has 2 heterocycles. The zero-order valence-electron chi connectivity index (χ0n) is 17.6. The van der Waals surface area contributed by atoms with E-state index in [-0.39, 0.29) is 29.1 Å². The van der Waals surface area contributed by atoms with Gasteiger partial charge in [-0.05, 0) is 25.3 Å². The summed E-state index contributed by atoms with van der Waals surface area (Å²) in [6.07, 6.45) is 0. The van der Waals surface area contributed by atoms with Crippen LogP contribution < -0.4 is 11.2 Å². The molecule has 2 aromatic heterocycles. The second-order valence-corrected chi connectivity index (χ2v) is 7.71. The number of benzene rings is 1. The molecule has 0 amide bonds. The molecule has 0 saturated carbocycles. The van der Waals surface area contributed by atoms with Crippen molar-refractivity contribution in [2.75, 3.05) is 6.61 Å². The first kappa shape index (κ1) is 20.5. The second-order valence-electron chi connectivity index (χ2n) is 7.71. The van der Waals surface area contributed by atoms with E-state index in [1.165, 1.54) is 11.6 Å². The molecular formula is C22H25N3O4. The Balaban J connectivity index is 2.47. The molecule has 3 aromatic rings. The van der Waals surface area contributed by atoms with E-state index in [0.717, 1.165) is 10.1 Å². The van der Waals surface area contributed by atoms with Crippen molar-refractivity contribution >= 4 is 17.0 Å². The molecule has 7 heteroatoms. The molecule has 0 unspecified atom stereocenters. The monoisotopic (exact) mass is 395 g/mol. The van der Waals surface area contributed by atoms with E-state index in [1.807, 2.05) is 45.0 Å². The van der Waals surface area contributed by atoms with E-state index < -0.39 is 17.2 Å². The summed E-state index contributed by atoms with van der Waals surface area (Å²) in [6.45, 7) is 7.80. The molecule has 0 radical (unpaired) electrons. The minimum Gasteiger partial charge on any atom is -0.462 e. The first-order valence-electron chi connectivity index (χ1n) is 9.48. The minimum atomic E-state index is -0.530. The first-order chi connectivity index (χ1) is 13.6. The van der Waals surface area contributed by atoms with Crippen LogP contribution in [0.25, 0.3) is 22.2 Å². The molecule has 0 aliphatic rings. The zero-order chi connectivity index (χ0) is 21.5. The van der Waals surface area contributed by atoms with Crippen LogP contribution in [0.1, 0.15) is 35.5 Å². The molecule has 152 valence electrons. The number of esters is 1. The molecule has 1 aromatic carbocycles. The van der Waals surface area contributed by atoms with Crippen molar-refractivity contribution in [2.24, 2.45) is 20.0 Å². The Bertz CT molecular complexity index is 1220.